The number of ether oxygens (including phenoxy) is 1. The summed E-state index contributed by atoms with van der Waals surface area (Å²) in [5, 5.41) is 10.9. The predicted octanol–water partition coefficient (Wildman–Crippen LogP) is 2.24. The minimum absolute atomic E-state index is 0.0341. The minimum atomic E-state index is -4.05. The Labute approximate surface area is 141 Å². The van der Waals surface area contributed by atoms with Gasteiger partial charge in [-0.05, 0) is 32.8 Å². The van der Waals surface area contributed by atoms with Crippen molar-refractivity contribution in [2.45, 2.75) is 44.6 Å². The van der Waals surface area contributed by atoms with Crippen LogP contribution in [0, 0.1) is 16.0 Å². The van der Waals surface area contributed by atoms with Crippen molar-refractivity contribution in [3.05, 3.63) is 34.4 Å². The number of benzene rings is 1. The van der Waals surface area contributed by atoms with E-state index in [0.717, 1.165) is 6.07 Å². The second kappa shape index (κ2) is 7.71. The number of rotatable bonds is 7. The summed E-state index contributed by atoms with van der Waals surface area (Å²) in [5.41, 5.74) is -1.11. The molecule has 134 valence electrons. The molecule has 1 N–H and O–H groups in total. The average Bonchev–Trinajstić information content (AvgIpc) is 2.43. The third kappa shape index (κ3) is 6.25. The van der Waals surface area contributed by atoms with Crippen molar-refractivity contribution in [1.82, 2.24) is 4.72 Å². The van der Waals surface area contributed by atoms with Crippen molar-refractivity contribution in [3.63, 3.8) is 0 Å². The lowest BCUT2D eigenvalue weighted by atomic mass is 10.1. The second-order valence-corrected chi connectivity index (χ2v) is 8.21. The highest BCUT2D eigenvalue weighted by atomic mass is 32.2. The normalized spacial score (nSPS) is 13.3. The van der Waals surface area contributed by atoms with E-state index < -0.39 is 37.1 Å². The van der Waals surface area contributed by atoms with Crippen molar-refractivity contribution in [3.8, 4) is 0 Å². The van der Waals surface area contributed by atoms with Gasteiger partial charge in [-0.1, -0.05) is 19.1 Å². The van der Waals surface area contributed by atoms with Gasteiger partial charge in [-0.3, -0.25) is 14.9 Å². The highest BCUT2D eigenvalue weighted by molar-refractivity contribution is 7.89. The number of nitrogens with one attached hydrogen (secondary N) is 1. The van der Waals surface area contributed by atoms with E-state index in [2.05, 4.69) is 4.72 Å². The van der Waals surface area contributed by atoms with Gasteiger partial charge in [0, 0.05) is 19.0 Å². The number of hydrogen-bond acceptors (Lipinski definition) is 6. The van der Waals surface area contributed by atoms with Gasteiger partial charge in [0.1, 0.15) is 5.60 Å². The Morgan fingerprint density at radius 3 is 2.46 bits per heavy atom. The van der Waals surface area contributed by atoms with E-state index in [1.54, 1.807) is 27.7 Å². The van der Waals surface area contributed by atoms with Crippen LogP contribution in [-0.4, -0.2) is 31.5 Å². The smallest absolute Gasteiger partial charge is 0.306 e. The fourth-order valence-corrected chi connectivity index (χ4v) is 3.24. The highest BCUT2D eigenvalue weighted by Crippen LogP contribution is 2.22. The predicted molar refractivity (Wildman–Crippen MR) is 87.9 cm³/mol. The summed E-state index contributed by atoms with van der Waals surface area (Å²) in [6.07, 6.45) is 0.0384. The van der Waals surface area contributed by atoms with Gasteiger partial charge in [-0.15, -0.1) is 0 Å². The summed E-state index contributed by atoms with van der Waals surface area (Å²) in [7, 11) is -4.05. The number of sulfonamides is 1. The van der Waals surface area contributed by atoms with E-state index in [1.807, 2.05) is 0 Å². The zero-order valence-corrected chi connectivity index (χ0v) is 14.9. The molecule has 1 aromatic rings. The Kier molecular flexibility index (Phi) is 6.44. The maximum Gasteiger partial charge on any atom is 0.306 e. The van der Waals surface area contributed by atoms with E-state index in [4.69, 9.17) is 4.74 Å². The summed E-state index contributed by atoms with van der Waals surface area (Å²) in [6, 6.07) is 5.09. The van der Waals surface area contributed by atoms with E-state index in [1.165, 1.54) is 18.2 Å². The number of nitro groups is 1. The number of hydrogen-bond donors (Lipinski definition) is 1. The molecular weight excluding hydrogens is 336 g/mol. The largest absolute Gasteiger partial charge is 0.460 e. The first-order valence-electron chi connectivity index (χ1n) is 7.37. The number of nitro benzene ring substituents is 1. The summed E-state index contributed by atoms with van der Waals surface area (Å²) in [6.45, 7) is 6.88. The molecule has 0 aliphatic carbocycles. The quantitative estimate of drug-likeness (QED) is 0.454. The van der Waals surface area contributed by atoms with Crippen LogP contribution in [0.3, 0.4) is 0 Å². The lowest BCUT2D eigenvalue weighted by Gasteiger charge is -2.21. The van der Waals surface area contributed by atoms with Gasteiger partial charge in [-0.2, -0.15) is 0 Å². The molecule has 9 heteroatoms. The Morgan fingerprint density at radius 2 is 1.92 bits per heavy atom. The maximum atomic E-state index is 12.2. The Bertz CT molecular complexity index is 709. The van der Waals surface area contributed by atoms with Crippen LogP contribution >= 0.6 is 0 Å². The summed E-state index contributed by atoms with van der Waals surface area (Å²) in [5.74, 6) is -0.753. The van der Waals surface area contributed by atoms with Crippen LogP contribution in [0.1, 0.15) is 34.1 Å². The van der Waals surface area contributed by atoms with Gasteiger partial charge in [0.05, 0.1) is 4.92 Å². The summed E-state index contributed by atoms with van der Waals surface area (Å²) in [4.78, 5) is 21.5. The molecule has 0 radical (unpaired) electrons. The molecule has 0 aromatic heterocycles. The second-order valence-electron chi connectivity index (χ2n) is 6.47. The molecule has 0 aliphatic rings. The van der Waals surface area contributed by atoms with Gasteiger partial charge >= 0.3 is 5.97 Å². The minimum Gasteiger partial charge on any atom is -0.460 e. The SMILES string of the molecule is CC(CNS(=O)(=O)c1ccccc1[N+](=O)[O-])CC(=O)OC(C)(C)C. The van der Waals surface area contributed by atoms with Crippen molar-refractivity contribution >= 4 is 21.7 Å². The van der Waals surface area contributed by atoms with Crippen LogP contribution in [-0.2, 0) is 19.6 Å². The molecule has 0 saturated heterocycles. The monoisotopic (exact) mass is 358 g/mol. The number of para-hydroxylation sites is 1. The first kappa shape index (κ1) is 20.0. The molecule has 24 heavy (non-hydrogen) atoms. The van der Waals surface area contributed by atoms with Gasteiger partial charge in [0.25, 0.3) is 5.69 Å². The lowest BCUT2D eigenvalue weighted by Crippen LogP contribution is -2.31. The highest BCUT2D eigenvalue weighted by Gasteiger charge is 2.26. The molecule has 1 unspecified atom stereocenters. The van der Waals surface area contributed by atoms with E-state index >= 15 is 0 Å². The van der Waals surface area contributed by atoms with Crippen molar-refractivity contribution in [2.75, 3.05) is 6.54 Å². The van der Waals surface area contributed by atoms with Crippen molar-refractivity contribution < 1.29 is 22.9 Å². The molecule has 0 spiro atoms. The molecule has 1 aromatic carbocycles. The average molecular weight is 358 g/mol. The molecule has 0 bridgehead atoms. The summed E-state index contributed by atoms with van der Waals surface area (Å²) >= 11 is 0. The fraction of sp³-hybridized carbons (Fsp3) is 0.533. The molecule has 0 amide bonds. The Balaban J connectivity index is 2.73. The molecule has 0 fully saturated rings. The zero-order chi connectivity index (χ0) is 18.5. The number of nitrogens with zero attached hydrogens (tertiary/aromatic N) is 1. The van der Waals surface area contributed by atoms with Crippen LogP contribution in [0.4, 0.5) is 5.69 Å². The standard InChI is InChI=1S/C15H22N2O6S/c1-11(9-14(18)23-15(2,3)4)10-16-24(21,22)13-8-6-5-7-12(13)17(19)20/h5-8,11,16H,9-10H2,1-4H3. The molecule has 1 atom stereocenters. The number of carbonyl (C=O) groups is 1. The van der Waals surface area contributed by atoms with Crippen LogP contribution in [0.5, 0.6) is 0 Å². The van der Waals surface area contributed by atoms with E-state index in [9.17, 15) is 23.3 Å². The fourth-order valence-electron chi connectivity index (χ4n) is 1.90. The first-order chi connectivity index (χ1) is 10.9. The Hall–Kier alpha value is -2.00. The topological polar surface area (TPSA) is 116 Å². The van der Waals surface area contributed by atoms with Gasteiger partial charge in [0.15, 0.2) is 4.90 Å². The molecular formula is C15H22N2O6S. The van der Waals surface area contributed by atoms with Gasteiger partial charge in [-0.25, -0.2) is 13.1 Å². The Morgan fingerprint density at radius 1 is 1.33 bits per heavy atom. The lowest BCUT2D eigenvalue weighted by molar-refractivity contribution is -0.387. The first-order valence-corrected chi connectivity index (χ1v) is 8.85. The molecule has 0 saturated carbocycles. The number of esters is 1. The van der Waals surface area contributed by atoms with Crippen molar-refractivity contribution in [2.24, 2.45) is 5.92 Å². The third-order valence-corrected chi connectivity index (χ3v) is 4.38. The van der Waals surface area contributed by atoms with Crippen LogP contribution in [0.2, 0.25) is 0 Å². The number of carbonyl (C=O) groups excluding carboxylic acids is 1. The van der Waals surface area contributed by atoms with Crippen LogP contribution < -0.4 is 4.72 Å². The molecule has 0 aliphatic heterocycles. The van der Waals surface area contributed by atoms with Gasteiger partial charge < -0.3 is 4.74 Å². The maximum absolute atomic E-state index is 12.2. The van der Waals surface area contributed by atoms with E-state index in [0.29, 0.717) is 0 Å². The molecule has 0 heterocycles. The zero-order valence-electron chi connectivity index (χ0n) is 14.1. The van der Waals surface area contributed by atoms with E-state index in [-0.39, 0.29) is 18.9 Å². The summed E-state index contributed by atoms with van der Waals surface area (Å²) < 4.78 is 32.0. The molecule has 1 rings (SSSR count). The third-order valence-electron chi connectivity index (χ3n) is 2.91. The van der Waals surface area contributed by atoms with Crippen molar-refractivity contribution in [1.29, 1.82) is 0 Å². The molecule has 8 nitrogen and oxygen atoms in total. The van der Waals surface area contributed by atoms with Crippen LogP contribution in [0.25, 0.3) is 0 Å². The van der Waals surface area contributed by atoms with Gasteiger partial charge in [0.2, 0.25) is 10.0 Å². The van der Waals surface area contributed by atoms with Crippen LogP contribution in [0.15, 0.2) is 29.2 Å².